The van der Waals surface area contributed by atoms with Gasteiger partial charge in [0.1, 0.15) is 5.75 Å². The van der Waals surface area contributed by atoms with Gasteiger partial charge < -0.3 is 4.74 Å². The summed E-state index contributed by atoms with van der Waals surface area (Å²) in [6.07, 6.45) is 3.45. The number of hydrogen-bond acceptors (Lipinski definition) is 4. The van der Waals surface area contributed by atoms with Crippen LogP contribution in [0.3, 0.4) is 0 Å². The maximum absolute atomic E-state index is 12.5. The number of rotatable bonds is 7. The van der Waals surface area contributed by atoms with Gasteiger partial charge in [0.05, 0.1) is 16.8 Å². The molecule has 0 spiro atoms. The number of carbonyl (C=O) groups is 1. The number of aryl methyl sites for hydroxylation is 1. The first kappa shape index (κ1) is 17.4. The SMILES string of the molecule is CCCCc1ccc2nc(NC(=O)c3cccc(OCC)c3)sc2c1. The van der Waals surface area contributed by atoms with E-state index in [1.165, 1.54) is 29.7 Å². The fourth-order valence-corrected chi connectivity index (χ4v) is 3.55. The molecule has 0 unspecified atom stereocenters. The van der Waals surface area contributed by atoms with Gasteiger partial charge in [0, 0.05) is 5.56 Å². The molecule has 1 amide bonds. The molecule has 0 aliphatic heterocycles. The average molecular weight is 354 g/mol. The van der Waals surface area contributed by atoms with Gasteiger partial charge in [-0.25, -0.2) is 4.98 Å². The van der Waals surface area contributed by atoms with Crippen LogP contribution >= 0.6 is 11.3 Å². The Labute approximate surface area is 151 Å². The smallest absolute Gasteiger partial charge is 0.257 e. The lowest BCUT2D eigenvalue weighted by molar-refractivity contribution is 0.102. The minimum absolute atomic E-state index is 0.174. The monoisotopic (exact) mass is 354 g/mol. The molecule has 130 valence electrons. The van der Waals surface area contributed by atoms with Crippen molar-refractivity contribution in [2.45, 2.75) is 33.1 Å². The maximum atomic E-state index is 12.5. The van der Waals surface area contributed by atoms with E-state index in [-0.39, 0.29) is 5.91 Å². The van der Waals surface area contributed by atoms with Gasteiger partial charge in [-0.15, -0.1) is 0 Å². The van der Waals surface area contributed by atoms with Crippen LogP contribution in [0.4, 0.5) is 5.13 Å². The molecular weight excluding hydrogens is 332 g/mol. The van der Waals surface area contributed by atoms with Gasteiger partial charge in [0.2, 0.25) is 0 Å². The van der Waals surface area contributed by atoms with Crippen molar-refractivity contribution in [1.82, 2.24) is 4.98 Å². The number of hydrogen-bond donors (Lipinski definition) is 1. The third-order valence-corrected chi connectivity index (χ3v) is 4.83. The third kappa shape index (κ3) is 4.37. The van der Waals surface area contributed by atoms with Crippen molar-refractivity contribution >= 4 is 32.6 Å². The van der Waals surface area contributed by atoms with Crippen LogP contribution in [0, 0.1) is 0 Å². The van der Waals surface area contributed by atoms with Crippen molar-refractivity contribution in [2.24, 2.45) is 0 Å². The van der Waals surface area contributed by atoms with Crippen LogP contribution in [0.1, 0.15) is 42.6 Å². The Bertz CT molecular complexity index is 873. The molecule has 5 heteroatoms. The molecule has 1 aromatic heterocycles. The molecule has 4 nitrogen and oxygen atoms in total. The second-order valence-electron chi connectivity index (χ2n) is 5.84. The molecular formula is C20H22N2O2S. The molecule has 1 heterocycles. The molecule has 2 aromatic carbocycles. The van der Waals surface area contributed by atoms with E-state index >= 15 is 0 Å². The molecule has 0 bridgehead atoms. The van der Waals surface area contributed by atoms with Crippen molar-refractivity contribution in [3.8, 4) is 5.75 Å². The highest BCUT2D eigenvalue weighted by Gasteiger charge is 2.11. The fraction of sp³-hybridized carbons (Fsp3) is 0.300. The van der Waals surface area contributed by atoms with Crippen molar-refractivity contribution in [1.29, 1.82) is 0 Å². The summed E-state index contributed by atoms with van der Waals surface area (Å²) >= 11 is 1.51. The Kier molecular flexibility index (Phi) is 5.66. The van der Waals surface area contributed by atoms with E-state index < -0.39 is 0 Å². The zero-order chi connectivity index (χ0) is 17.6. The number of unbranched alkanes of at least 4 members (excludes halogenated alkanes) is 1. The Morgan fingerprint density at radius 2 is 2.08 bits per heavy atom. The quantitative estimate of drug-likeness (QED) is 0.627. The number of thiazole rings is 1. The normalized spacial score (nSPS) is 10.8. The summed E-state index contributed by atoms with van der Waals surface area (Å²) in [5.41, 5.74) is 2.80. The molecule has 25 heavy (non-hydrogen) atoms. The summed E-state index contributed by atoms with van der Waals surface area (Å²) in [6.45, 7) is 4.69. The van der Waals surface area contributed by atoms with E-state index in [0.29, 0.717) is 23.1 Å². The van der Waals surface area contributed by atoms with E-state index in [1.54, 1.807) is 12.1 Å². The minimum atomic E-state index is -0.174. The largest absolute Gasteiger partial charge is 0.494 e. The first-order chi connectivity index (χ1) is 12.2. The Balaban J connectivity index is 1.75. The fourth-order valence-electron chi connectivity index (χ4n) is 2.62. The van der Waals surface area contributed by atoms with Crippen LogP contribution in [0.15, 0.2) is 42.5 Å². The molecule has 0 saturated carbocycles. The summed E-state index contributed by atoms with van der Waals surface area (Å²) in [4.78, 5) is 17.0. The minimum Gasteiger partial charge on any atom is -0.494 e. The second-order valence-corrected chi connectivity index (χ2v) is 6.87. The molecule has 1 N–H and O–H groups in total. The van der Waals surface area contributed by atoms with Crippen molar-refractivity contribution < 1.29 is 9.53 Å². The summed E-state index contributed by atoms with van der Waals surface area (Å²) in [6, 6.07) is 13.5. The van der Waals surface area contributed by atoms with Crippen LogP contribution < -0.4 is 10.1 Å². The standard InChI is InChI=1S/C20H22N2O2S/c1-3-5-7-14-10-11-17-18(12-14)25-20(21-17)22-19(23)15-8-6-9-16(13-15)24-4-2/h6,8-13H,3-5,7H2,1-2H3,(H,21,22,23). The first-order valence-corrected chi connectivity index (χ1v) is 9.45. The molecule has 0 fully saturated rings. The predicted octanol–water partition coefficient (Wildman–Crippen LogP) is 5.29. The summed E-state index contributed by atoms with van der Waals surface area (Å²) in [7, 11) is 0. The highest BCUT2D eigenvalue weighted by Crippen LogP contribution is 2.28. The second kappa shape index (κ2) is 8.12. The van der Waals surface area contributed by atoms with Gasteiger partial charge in [0.25, 0.3) is 5.91 Å². The number of fused-ring (bicyclic) bond motifs is 1. The lowest BCUT2D eigenvalue weighted by atomic mass is 10.1. The van der Waals surface area contributed by atoms with Crippen LogP contribution in [0.25, 0.3) is 10.2 Å². The number of carbonyl (C=O) groups excluding carboxylic acids is 1. The van der Waals surface area contributed by atoms with E-state index in [0.717, 1.165) is 16.6 Å². The molecule has 3 aromatic rings. The van der Waals surface area contributed by atoms with Crippen LogP contribution in [0.2, 0.25) is 0 Å². The zero-order valence-electron chi connectivity index (χ0n) is 14.5. The molecule has 0 aliphatic rings. The van der Waals surface area contributed by atoms with Gasteiger partial charge in [-0.05, 0) is 55.7 Å². The van der Waals surface area contributed by atoms with E-state index in [4.69, 9.17) is 4.74 Å². The van der Waals surface area contributed by atoms with E-state index in [9.17, 15) is 4.79 Å². The number of nitrogens with zero attached hydrogens (tertiary/aromatic N) is 1. The molecule has 0 aliphatic carbocycles. The summed E-state index contributed by atoms with van der Waals surface area (Å²) < 4.78 is 6.55. The summed E-state index contributed by atoms with van der Waals surface area (Å²) in [5, 5.41) is 3.51. The highest BCUT2D eigenvalue weighted by molar-refractivity contribution is 7.22. The number of anilines is 1. The van der Waals surface area contributed by atoms with Gasteiger partial charge in [-0.2, -0.15) is 0 Å². The Morgan fingerprint density at radius 3 is 2.88 bits per heavy atom. The van der Waals surface area contributed by atoms with E-state index in [1.807, 2.05) is 25.1 Å². The number of aromatic nitrogens is 1. The van der Waals surface area contributed by atoms with Crippen LogP contribution in [0.5, 0.6) is 5.75 Å². The number of benzene rings is 2. The Hall–Kier alpha value is -2.40. The van der Waals surface area contributed by atoms with Gasteiger partial charge in [-0.1, -0.05) is 36.8 Å². The molecule has 0 radical (unpaired) electrons. The molecule has 0 saturated heterocycles. The lowest BCUT2D eigenvalue weighted by Crippen LogP contribution is -2.11. The zero-order valence-corrected chi connectivity index (χ0v) is 15.4. The summed E-state index contributed by atoms with van der Waals surface area (Å²) in [5.74, 6) is 0.520. The first-order valence-electron chi connectivity index (χ1n) is 8.63. The van der Waals surface area contributed by atoms with Gasteiger partial charge in [-0.3, -0.25) is 10.1 Å². The van der Waals surface area contributed by atoms with Crippen molar-refractivity contribution in [3.05, 3.63) is 53.6 Å². The van der Waals surface area contributed by atoms with Crippen LogP contribution in [-0.2, 0) is 6.42 Å². The predicted molar refractivity (Wildman–Crippen MR) is 104 cm³/mol. The number of nitrogens with one attached hydrogen (secondary N) is 1. The van der Waals surface area contributed by atoms with Crippen LogP contribution in [-0.4, -0.2) is 17.5 Å². The van der Waals surface area contributed by atoms with Crippen molar-refractivity contribution in [2.75, 3.05) is 11.9 Å². The van der Waals surface area contributed by atoms with Gasteiger partial charge in [0.15, 0.2) is 5.13 Å². The third-order valence-electron chi connectivity index (χ3n) is 3.90. The number of ether oxygens (including phenoxy) is 1. The van der Waals surface area contributed by atoms with Gasteiger partial charge >= 0.3 is 0 Å². The number of amides is 1. The topological polar surface area (TPSA) is 51.2 Å². The highest BCUT2D eigenvalue weighted by atomic mass is 32.1. The average Bonchev–Trinajstić information content (AvgIpc) is 3.02. The molecule has 3 rings (SSSR count). The molecule has 0 atom stereocenters. The lowest BCUT2D eigenvalue weighted by Gasteiger charge is -2.05. The Morgan fingerprint density at radius 1 is 1.20 bits per heavy atom. The van der Waals surface area contributed by atoms with E-state index in [2.05, 4.69) is 29.4 Å². The van der Waals surface area contributed by atoms with Crippen molar-refractivity contribution in [3.63, 3.8) is 0 Å². The maximum Gasteiger partial charge on any atom is 0.257 e.